The van der Waals surface area contributed by atoms with Gasteiger partial charge in [0.1, 0.15) is 6.17 Å². The minimum Gasteiger partial charge on any atom is -0.312 e. The summed E-state index contributed by atoms with van der Waals surface area (Å²) < 4.78 is 12.4. The van der Waals surface area contributed by atoms with Gasteiger partial charge in [0.05, 0.1) is 5.92 Å². The molecule has 1 aliphatic rings. The molecular weight excluding hydrogens is 105 g/mol. The van der Waals surface area contributed by atoms with E-state index in [2.05, 4.69) is 11.2 Å². The van der Waals surface area contributed by atoms with Gasteiger partial charge in [-0.15, -0.1) is 6.42 Å². The van der Waals surface area contributed by atoms with Gasteiger partial charge in [0.15, 0.2) is 0 Å². The third kappa shape index (κ3) is 0.823. The van der Waals surface area contributed by atoms with Crippen molar-refractivity contribution in [2.24, 2.45) is 5.92 Å². The van der Waals surface area contributed by atoms with Gasteiger partial charge in [-0.2, -0.15) is 0 Å². The van der Waals surface area contributed by atoms with Gasteiger partial charge in [-0.1, -0.05) is 5.92 Å². The van der Waals surface area contributed by atoms with Gasteiger partial charge < -0.3 is 5.32 Å². The second-order valence-corrected chi connectivity index (χ2v) is 1.95. The molecule has 8 heavy (non-hydrogen) atoms. The van der Waals surface area contributed by atoms with Gasteiger partial charge in [0, 0.05) is 13.1 Å². The van der Waals surface area contributed by atoms with Crippen LogP contribution < -0.4 is 5.32 Å². The maximum absolute atomic E-state index is 12.4. The molecule has 1 nitrogen and oxygen atoms in total. The molecule has 0 aromatic carbocycles. The molecule has 2 heteroatoms. The highest BCUT2D eigenvalue weighted by molar-refractivity contribution is 5.01. The van der Waals surface area contributed by atoms with Gasteiger partial charge in [-0.3, -0.25) is 0 Å². The highest BCUT2D eigenvalue weighted by atomic mass is 19.1. The van der Waals surface area contributed by atoms with Crippen LogP contribution in [0, 0.1) is 18.3 Å². The van der Waals surface area contributed by atoms with Crippen LogP contribution in [0.1, 0.15) is 0 Å². The fraction of sp³-hybridized carbons (Fsp3) is 0.667. The molecule has 0 unspecified atom stereocenters. The zero-order valence-corrected chi connectivity index (χ0v) is 4.52. The molecular formula is C6H8FN. The monoisotopic (exact) mass is 113 g/mol. The van der Waals surface area contributed by atoms with Crippen molar-refractivity contribution in [3.8, 4) is 12.3 Å². The van der Waals surface area contributed by atoms with Crippen molar-refractivity contribution in [1.82, 2.24) is 5.32 Å². The van der Waals surface area contributed by atoms with Gasteiger partial charge >= 0.3 is 0 Å². The Labute approximate surface area is 48.3 Å². The number of nitrogens with one attached hydrogen (secondary N) is 1. The Kier molecular flexibility index (Phi) is 1.50. The molecule has 0 saturated carbocycles. The van der Waals surface area contributed by atoms with E-state index in [9.17, 15) is 4.39 Å². The highest BCUT2D eigenvalue weighted by Crippen LogP contribution is 2.09. The van der Waals surface area contributed by atoms with E-state index in [4.69, 9.17) is 6.42 Å². The SMILES string of the molecule is C#C[C@H]1CNC[C@@H]1F. The van der Waals surface area contributed by atoms with Crippen LogP contribution in [0.4, 0.5) is 4.39 Å². The largest absolute Gasteiger partial charge is 0.312 e. The summed E-state index contributed by atoms with van der Waals surface area (Å²) in [6, 6.07) is 0. The Morgan fingerprint density at radius 1 is 1.62 bits per heavy atom. The van der Waals surface area contributed by atoms with Crippen LogP contribution in [0.5, 0.6) is 0 Å². The van der Waals surface area contributed by atoms with E-state index in [1.165, 1.54) is 0 Å². The molecule has 1 N–H and O–H groups in total. The molecule has 1 rings (SSSR count). The Morgan fingerprint density at radius 3 is 2.62 bits per heavy atom. The van der Waals surface area contributed by atoms with Crippen molar-refractivity contribution in [1.29, 1.82) is 0 Å². The molecule has 0 amide bonds. The Hall–Kier alpha value is -0.550. The van der Waals surface area contributed by atoms with Crippen LogP contribution >= 0.6 is 0 Å². The molecule has 0 aliphatic carbocycles. The van der Waals surface area contributed by atoms with E-state index in [0.717, 1.165) is 0 Å². The number of terminal acetylenes is 1. The van der Waals surface area contributed by atoms with E-state index in [0.29, 0.717) is 13.1 Å². The van der Waals surface area contributed by atoms with E-state index in [1.54, 1.807) is 0 Å². The molecule has 44 valence electrons. The molecule has 1 saturated heterocycles. The van der Waals surface area contributed by atoms with Gasteiger partial charge in [0.25, 0.3) is 0 Å². The summed E-state index contributed by atoms with van der Waals surface area (Å²) in [5, 5.41) is 2.86. The fourth-order valence-corrected chi connectivity index (χ4v) is 0.810. The van der Waals surface area contributed by atoms with Gasteiger partial charge in [-0.05, 0) is 0 Å². The number of hydrogen-bond acceptors (Lipinski definition) is 1. The highest BCUT2D eigenvalue weighted by Gasteiger charge is 2.23. The average molecular weight is 113 g/mol. The molecule has 0 bridgehead atoms. The van der Waals surface area contributed by atoms with E-state index in [1.807, 2.05) is 0 Å². The molecule has 2 atom stereocenters. The normalized spacial score (nSPS) is 37.0. The van der Waals surface area contributed by atoms with Crippen LogP contribution in [-0.4, -0.2) is 19.3 Å². The first-order valence-electron chi connectivity index (χ1n) is 2.65. The maximum Gasteiger partial charge on any atom is 0.127 e. The summed E-state index contributed by atoms with van der Waals surface area (Å²) in [5.41, 5.74) is 0. The lowest BCUT2D eigenvalue weighted by Crippen LogP contribution is -2.09. The zero-order valence-electron chi connectivity index (χ0n) is 4.52. The van der Waals surface area contributed by atoms with Gasteiger partial charge in [-0.25, -0.2) is 4.39 Å². The Bertz CT molecular complexity index is 116. The quantitative estimate of drug-likeness (QED) is 0.442. The first-order valence-corrected chi connectivity index (χ1v) is 2.65. The summed E-state index contributed by atoms with van der Waals surface area (Å²) >= 11 is 0. The third-order valence-corrected chi connectivity index (χ3v) is 1.35. The second-order valence-electron chi connectivity index (χ2n) is 1.95. The van der Waals surface area contributed by atoms with E-state index in [-0.39, 0.29) is 5.92 Å². The third-order valence-electron chi connectivity index (χ3n) is 1.35. The van der Waals surface area contributed by atoms with Crippen LogP contribution in [0.3, 0.4) is 0 Å². The topological polar surface area (TPSA) is 12.0 Å². The average Bonchev–Trinajstić information content (AvgIpc) is 2.14. The van der Waals surface area contributed by atoms with Crippen molar-refractivity contribution in [3.63, 3.8) is 0 Å². The first-order chi connectivity index (χ1) is 3.84. The molecule has 0 aromatic heterocycles. The predicted molar refractivity (Wildman–Crippen MR) is 30.1 cm³/mol. The van der Waals surface area contributed by atoms with Crippen LogP contribution in [0.2, 0.25) is 0 Å². The molecule has 1 heterocycles. The summed E-state index contributed by atoms with van der Waals surface area (Å²) in [6.07, 6.45) is 4.17. The van der Waals surface area contributed by atoms with Crippen molar-refractivity contribution < 1.29 is 4.39 Å². The maximum atomic E-state index is 12.4. The summed E-state index contributed by atoms with van der Waals surface area (Å²) in [6.45, 7) is 1.06. The summed E-state index contributed by atoms with van der Waals surface area (Å²) in [7, 11) is 0. The second kappa shape index (κ2) is 2.15. The zero-order chi connectivity index (χ0) is 5.98. The van der Waals surface area contributed by atoms with Crippen LogP contribution in [0.25, 0.3) is 0 Å². The van der Waals surface area contributed by atoms with Crippen molar-refractivity contribution in [3.05, 3.63) is 0 Å². The Morgan fingerprint density at radius 2 is 2.38 bits per heavy atom. The number of hydrogen-bond donors (Lipinski definition) is 1. The molecule has 1 fully saturated rings. The first kappa shape index (κ1) is 5.58. The lowest BCUT2D eigenvalue weighted by molar-refractivity contribution is 0.323. The van der Waals surface area contributed by atoms with Crippen LogP contribution in [-0.2, 0) is 0 Å². The number of halogens is 1. The smallest absolute Gasteiger partial charge is 0.127 e. The van der Waals surface area contributed by atoms with Crippen LogP contribution in [0.15, 0.2) is 0 Å². The number of alkyl halides is 1. The Balaban J connectivity index is 2.45. The number of rotatable bonds is 0. The standard InChI is InChI=1S/C6H8FN/c1-2-5-3-8-4-6(5)7/h1,5-6,8H,3-4H2/t5-,6-/m0/s1. The minimum absolute atomic E-state index is 0.185. The van der Waals surface area contributed by atoms with Crippen molar-refractivity contribution in [2.75, 3.05) is 13.1 Å². The van der Waals surface area contributed by atoms with E-state index < -0.39 is 6.17 Å². The molecule has 0 spiro atoms. The van der Waals surface area contributed by atoms with Crippen molar-refractivity contribution in [2.45, 2.75) is 6.17 Å². The van der Waals surface area contributed by atoms with E-state index >= 15 is 0 Å². The molecule has 0 aromatic rings. The summed E-state index contributed by atoms with van der Waals surface area (Å²) in [4.78, 5) is 0. The predicted octanol–water partition coefficient (Wildman–Crippen LogP) is 0.177. The lowest BCUT2D eigenvalue weighted by Gasteiger charge is -1.98. The van der Waals surface area contributed by atoms with Gasteiger partial charge in [0.2, 0.25) is 0 Å². The molecule has 0 radical (unpaired) electrons. The molecule has 1 aliphatic heterocycles. The van der Waals surface area contributed by atoms with Crippen molar-refractivity contribution >= 4 is 0 Å². The lowest BCUT2D eigenvalue weighted by atomic mass is 10.1. The minimum atomic E-state index is -0.819. The fourth-order valence-electron chi connectivity index (χ4n) is 0.810. The summed E-state index contributed by atoms with van der Waals surface area (Å²) in [5.74, 6) is 2.19.